The zero-order chi connectivity index (χ0) is 7.41. The lowest BCUT2D eigenvalue weighted by Crippen LogP contribution is -2.72. The Kier molecular flexibility index (Phi) is 1.98. The quantitative estimate of drug-likeness (QED) is 0.663. The van der Waals surface area contributed by atoms with E-state index in [1.165, 1.54) is 0 Å². The summed E-state index contributed by atoms with van der Waals surface area (Å²) in [5.41, 5.74) is 6.55. The number of hydrogen-bond acceptors (Lipinski definition) is 2. The number of aliphatic hydroxyl groups is 1. The fourth-order valence-electron chi connectivity index (χ4n) is 2.93. The Morgan fingerprint density at radius 3 is 2.18 bits per heavy atom. The molecule has 3 aliphatic rings. The molecule has 11 heavy (non-hydrogen) atoms. The van der Waals surface area contributed by atoms with E-state index >= 15 is 0 Å². The van der Waals surface area contributed by atoms with Crippen molar-refractivity contribution in [2.75, 3.05) is 0 Å². The first-order valence-electron chi connectivity index (χ1n) is 4.01. The van der Waals surface area contributed by atoms with E-state index in [1.54, 1.807) is 0 Å². The minimum Gasteiger partial charge on any atom is -0.393 e. The van der Waals surface area contributed by atoms with Crippen LogP contribution in [0.2, 0.25) is 0 Å². The van der Waals surface area contributed by atoms with E-state index in [0.717, 1.165) is 25.7 Å². The van der Waals surface area contributed by atoms with E-state index in [0.29, 0.717) is 5.41 Å². The van der Waals surface area contributed by atoms with Crippen LogP contribution in [0.3, 0.4) is 0 Å². The molecule has 0 aromatic carbocycles. The van der Waals surface area contributed by atoms with E-state index in [4.69, 9.17) is 10.8 Å². The third kappa shape index (κ3) is 1.28. The summed E-state index contributed by atoms with van der Waals surface area (Å²) >= 11 is 0. The molecule has 3 aliphatic carbocycles. The van der Waals surface area contributed by atoms with Crippen LogP contribution in [0, 0.1) is 5.41 Å². The Bertz CT molecular complexity index is 150. The van der Waals surface area contributed by atoms with Gasteiger partial charge in [0.05, 0.1) is 6.10 Å². The summed E-state index contributed by atoms with van der Waals surface area (Å²) in [6, 6.07) is 0. The van der Waals surface area contributed by atoms with Gasteiger partial charge >= 0.3 is 0 Å². The normalized spacial score (nSPS) is 48.3. The van der Waals surface area contributed by atoms with Gasteiger partial charge in [-0.1, -0.05) is 0 Å². The third-order valence-electron chi connectivity index (χ3n) is 2.91. The molecule has 0 aromatic rings. The van der Waals surface area contributed by atoms with E-state index in [9.17, 15) is 0 Å². The van der Waals surface area contributed by atoms with Crippen LogP contribution in [-0.4, -0.2) is 16.7 Å². The van der Waals surface area contributed by atoms with Crippen LogP contribution in [0.5, 0.6) is 0 Å². The average molecular weight is 178 g/mol. The van der Waals surface area contributed by atoms with Crippen LogP contribution in [0.25, 0.3) is 0 Å². The van der Waals surface area contributed by atoms with Crippen molar-refractivity contribution in [2.45, 2.75) is 44.2 Å². The smallest absolute Gasteiger partial charge is 0.0517 e. The summed E-state index contributed by atoms with van der Waals surface area (Å²) in [7, 11) is 0. The van der Waals surface area contributed by atoms with Gasteiger partial charge in [0.2, 0.25) is 0 Å². The molecule has 1 atom stereocenters. The third-order valence-corrected chi connectivity index (χ3v) is 2.91. The number of hydrogen-bond donors (Lipinski definition) is 2. The fourth-order valence-corrected chi connectivity index (χ4v) is 2.93. The van der Waals surface area contributed by atoms with Gasteiger partial charge in [-0.15, -0.1) is 12.4 Å². The Morgan fingerprint density at radius 1 is 1.45 bits per heavy atom. The second-order valence-corrected chi connectivity index (χ2v) is 4.45. The van der Waals surface area contributed by atoms with Gasteiger partial charge in [0, 0.05) is 5.54 Å². The van der Waals surface area contributed by atoms with Crippen LogP contribution in [-0.2, 0) is 0 Å². The van der Waals surface area contributed by atoms with Gasteiger partial charge in [-0.3, -0.25) is 0 Å². The summed E-state index contributed by atoms with van der Waals surface area (Å²) in [5.74, 6) is 0. The highest BCUT2D eigenvalue weighted by Gasteiger charge is 2.65. The van der Waals surface area contributed by atoms with Crippen molar-refractivity contribution in [3.63, 3.8) is 0 Å². The molecule has 66 valence electrons. The second-order valence-electron chi connectivity index (χ2n) is 4.45. The Balaban J connectivity index is 0.000000605. The summed E-state index contributed by atoms with van der Waals surface area (Å²) in [5, 5.41) is 9.12. The van der Waals surface area contributed by atoms with E-state index in [2.05, 4.69) is 0 Å². The van der Waals surface area contributed by atoms with Crippen molar-refractivity contribution in [2.24, 2.45) is 11.1 Å². The monoisotopic (exact) mass is 177 g/mol. The Hall–Kier alpha value is 0.210. The van der Waals surface area contributed by atoms with Gasteiger partial charge in [-0.2, -0.15) is 0 Å². The van der Waals surface area contributed by atoms with E-state index in [1.807, 2.05) is 6.92 Å². The zero-order valence-corrected chi connectivity index (χ0v) is 7.66. The predicted octanol–water partition coefficient (Wildman–Crippen LogP) is 1.06. The number of aliphatic hydroxyl groups excluding tert-OH is 1. The molecule has 0 aliphatic heterocycles. The zero-order valence-electron chi connectivity index (χ0n) is 6.84. The Morgan fingerprint density at radius 2 is 1.91 bits per heavy atom. The van der Waals surface area contributed by atoms with Crippen molar-refractivity contribution < 1.29 is 5.11 Å². The molecule has 3 heteroatoms. The molecule has 2 nitrogen and oxygen atoms in total. The minimum absolute atomic E-state index is 0. The van der Waals surface area contributed by atoms with Crippen LogP contribution in [0.1, 0.15) is 32.6 Å². The maximum atomic E-state index is 9.12. The molecule has 3 N–H and O–H groups in total. The van der Waals surface area contributed by atoms with Crippen LogP contribution in [0.15, 0.2) is 0 Å². The number of nitrogens with two attached hydrogens (primary N) is 1. The maximum Gasteiger partial charge on any atom is 0.0517 e. The lowest BCUT2D eigenvalue weighted by Gasteiger charge is -2.69. The molecule has 3 saturated carbocycles. The molecule has 0 aromatic heterocycles. The van der Waals surface area contributed by atoms with Crippen LogP contribution in [0.4, 0.5) is 0 Å². The van der Waals surface area contributed by atoms with E-state index in [-0.39, 0.29) is 24.0 Å². The fraction of sp³-hybridized carbons (Fsp3) is 1.00. The van der Waals surface area contributed by atoms with Gasteiger partial charge in [-0.05, 0) is 38.0 Å². The average Bonchev–Trinajstić information content (AvgIpc) is 1.56. The SMILES string of the molecule is CC(O)CC12CC(N)(C1)C2.Cl. The van der Waals surface area contributed by atoms with Gasteiger partial charge in [0.15, 0.2) is 0 Å². The lowest BCUT2D eigenvalue weighted by molar-refractivity contribution is -0.151. The van der Waals surface area contributed by atoms with Crippen molar-refractivity contribution in [1.82, 2.24) is 0 Å². The molecule has 0 amide bonds. The van der Waals surface area contributed by atoms with E-state index < -0.39 is 0 Å². The van der Waals surface area contributed by atoms with Crippen molar-refractivity contribution in [1.29, 1.82) is 0 Å². The molecule has 0 heterocycles. The lowest BCUT2D eigenvalue weighted by atomic mass is 9.38. The van der Waals surface area contributed by atoms with Gasteiger partial charge in [0.25, 0.3) is 0 Å². The van der Waals surface area contributed by atoms with Crippen LogP contribution >= 0.6 is 12.4 Å². The highest BCUT2D eigenvalue weighted by Crippen LogP contribution is 2.67. The summed E-state index contributed by atoms with van der Waals surface area (Å²) in [6.45, 7) is 1.86. The second kappa shape index (κ2) is 2.35. The standard InChI is InChI=1S/C8H15NO.ClH/c1-6(10)2-7-3-8(9,4-7)5-7;/h6,10H,2-5,9H2,1H3;1H. The topological polar surface area (TPSA) is 46.2 Å². The van der Waals surface area contributed by atoms with Crippen molar-refractivity contribution in [3.05, 3.63) is 0 Å². The maximum absolute atomic E-state index is 9.12. The summed E-state index contributed by atoms with van der Waals surface area (Å²) in [6.07, 6.45) is 4.30. The molecule has 3 fully saturated rings. The number of halogens is 1. The molecule has 0 radical (unpaired) electrons. The summed E-state index contributed by atoms with van der Waals surface area (Å²) < 4.78 is 0. The van der Waals surface area contributed by atoms with Crippen LogP contribution < -0.4 is 5.73 Å². The Labute approximate surface area is 73.6 Å². The first-order chi connectivity index (χ1) is 4.54. The highest BCUT2D eigenvalue weighted by molar-refractivity contribution is 5.85. The molecule has 3 rings (SSSR count). The minimum atomic E-state index is -0.134. The predicted molar refractivity (Wildman–Crippen MR) is 46.7 cm³/mol. The first-order valence-corrected chi connectivity index (χ1v) is 4.01. The molecule has 0 spiro atoms. The molecular weight excluding hydrogens is 162 g/mol. The molecule has 1 unspecified atom stereocenters. The van der Waals surface area contributed by atoms with Gasteiger partial charge in [-0.25, -0.2) is 0 Å². The number of rotatable bonds is 2. The van der Waals surface area contributed by atoms with Crippen molar-refractivity contribution >= 4 is 12.4 Å². The first kappa shape index (κ1) is 9.30. The molecule has 2 bridgehead atoms. The molecular formula is C8H16ClNO. The molecule has 0 saturated heterocycles. The largest absolute Gasteiger partial charge is 0.393 e. The van der Waals surface area contributed by atoms with Crippen molar-refractivity contribution in [3.8, 4) is 0 Å². The van der Waals surface area contributed by atoms with Gasteiger partial charge < -0.3 is 10.8 Å². The van der Waals surface area contributed by atoms with Gasteiger partial charge in [0.1, 0.15) is 0 Å². The summed E-state index contributed by atoms with van der Waals surface area (Å²) in [4.78, 5) is 0. The highest BCUT2D eigenvalue weighted by atomic mass is 35.5.